The van der Waals surface area contributed by atoms with E-state index in [1.165, 1.54) is 22.0 Å². The second-order valence-electron chi connectivity index (χ2n) is 3.70. The van der Waals surface area contributed by atoms with Crippen molar-refractivity contribution in [3.8, 4) is 0 Å². The smallest absolute Gasteiger partial charge is 0.251 e. The molecular weight excluding hydrogens is 302 g/mol. The standard InChI is InChI=1S/C12H10BrNO2S/c1-8-4-5-14(12(16)6-8)7-9(15)10-2-3-11(13)17-10/h2-6H,7H2,1H3. The molecule has 0 saturated carbocycles. The van der Waals surface area contributed by atoms with Crippen LogP contribution < -0.4 is 5.56 Å². The van der Waals surface area contributed by atoms with Gasteiger partial charge < -0.3 is 4.57 Å². The third kappa shape index (κ3) is 2.92. The molecule has 2 aromatic rings. The van der Waals surface area contributed by atoms with E-state index in [4.69, 9.17) is 0 Å². The summed E-state index contributed by atoms with van der Waals surface area (Å²) in [6, 6.07) is 6.93. The molecule has 0 atom stereocenters. The lowest BCUT2D eigenvalue weighted by atomic mass is 10.3. The average molecular weight is 312 g/mol. The summed E-state index contributed by atoms with van der Waals surface area (Å²) in [4.78, 5) is 24.2. The molecule has 0 bridgehead atoms. The molecule has 0 unspecified atom stereocenters. The molecule has 0 saturated heterocycles. The highest BCUT2D eigenvalue weighted by Gasteiger charge is 2.10. The van der Waals surface area contributed by atoms with E-state index in [1.807, 2.05) is 19.1 Å². The fourth-order valence-corrected chi connectivity index (χ4v) is 2.75. The maximum atomic E-state index is 11.9. The van der Waals surface area contributed by atoms with Crippen LogP contribution in [0.2, 0.25) is 0 Å². The van der Waals surface area contributed by atoms with Gasteiger partial charge in [0.1, 0.15) is 0 Å². The molecule has 2 rings (SSSR count). The highest BCUT2D eigenvalue weighted by Crippen LogP contribution is 2.22. The first-order chi connectivity index (χ1) is 8.06. The third-order valence-corrected chi connectivity index (χ3v) is 3.98. The van der Waals surface area contributed by atoms with Crippen LogP contribution in [0.3, 0.4) is 0 Å². The quantitative estimate of drug-likeness (QED) is 0.818. The van der Waals surface area contributed by atoms with E-state index < -0.39 is 0 Å². The fraction of sp³-hybridized carbons (Fsp3) is 0.167. The molecule has 88 valence electrons. The van der Waals surface area contributed by atoms with Crippen molar-refractivity contribution in [1.29, 1.82) is 0 Å². The number of pyridine rings is 1. The van der Waals surface area contributed by atoms with E-state index in [1.54, 1.807) is 12.3 Å². The van der Waals surface area contributed by atoms with Crippen LogP contribution >= 0.6 is 27.3 Å². The van der Waals surface area contributed by atoms with Gasteiger partial charge in [0.2, 0.25) is 0 Å². The van der Waals surface area contributed by atoms with E-state index in [9.17, 15) is 9.59 Å². The van der Waals surface area contributed by atoms with E-state index in [2.05, 4.69) is 15.9 Å². The van der Waals surface area contributed by atoms with Crippen molar-refractivity contribution in [3.63, 3.8) is 0 Å². The van der Waals surface area contributed by atoms with Crippen LogP contribution in [0.15, 0.2) is 39.0 Å². The summed E-state index contributed by atoms with van der Waals surface area (Å²) in [5.41, 5.74) is 0.756. The number of rotatable bonds is 3. The van der Waals surface area contributed by atoms with Gasteiger partial charge in [0.05, 0.1) is 15.2 Å². The molecule has 0 aliphatic heterocycles. The van der Waals surface area contributed by atoms with Crippen LogP contribution in [0.5, 0.6) is 0 Å². The zero-order valence-corrected chi connectivity index (χ0v) is 11.5. The predicted molar refractivity (Wildman–Crippen MR) is 71.8 cm³/mol. The minimum Gasteiger partial charge on any atom is -0.308 e. The zero-order chi connectivity index (χ0) is 12.4. The number of carbonyl (C=O) groups excluding carboxylic acids is 1. The average Bonchev–Trinajstić information content (AvgIpc) is 2.69. The lowest BCUT2D eigenvalue weighted by Crippen LogP contribution is -2.22. The highest BCUT2D eigenvalue weighted by molar-refractivity contribution is 9.11. The maximum Gasteiger partial charge on any atom is 0.251 e. The van der Waals surface area contributed by atoms with Gasteiger partial charge in [-0.05, 0) is 46.6 Å². The molecule has 0 spiro atoms. The number of nitrogens with zero attached hydrogens (tertiary/aromatic N) is 1. The lowest BCUT2D eigenvalue weighted by Gasteiger charge is -2.03. The van der Waals surface area contributed by atoms with E-state index >= 15 is 0 Å². The number of hydrogen-bond acceptors (Lipinski definition) is 3. The molecule has 2 aromatic heterocycles. The van der Waals surface area contributed by atoms with E-state index in [0.717, 1.165) is 9.35 Å². The van der Waals surface area contributed by atoms with Crippen molar-refractivity contribution in [2.24, 2.45) is 0 Å². The first kappa shape index (κ1) is 12.3. The Morgan fingerprint density at radius 1 is 1.41 bits per heavy atom. The summed E-state index contributed by atoms with van der Waals surface area (Å²) < 4.78 is 2.33. The van der Waals surface area contributed by atoms with Gasteiger partial charge in [-0.1, -0.05) is 0 Å². The zero-order valence-electron chi connectivity index (χ0n) is 9.14. The molecule has 0 radical (unpaired) electrons. The SMILES string of the molecule is Cc1ccn(CC(=O)c2ccc(Br)s2)c(=O)c1. The van der Waals surface area contributed by atoms with Crippen molar-refractivity contribution >= 4 is 33.0 Å². The molecule has 0 aromatic carbocycles. The minimum absolute atomic E-state index is 0.0494. The van der Waals surface area contributed by atoms with Gasteiger partial charge in [0, 0.05) is 12.3 Å². The first-order valence-corrected chi connectivity index (χ1v) is 6.63. The monoisotopic (exact) mass is 311 g/mol. The number of hydrogen-bond donors (Lipinski definition) is 0. The predicted octanol–water partition coefficient (Wildman–Crippen LogP) is 2.86. The number of Topliss-reactive ketones (excluding diaryl/α,β-unsaturated/α-hetero) is 1. The highest BCUT2D eigenvalue weighted by atomic mass is 79.9. The molecule has 5 heteroatoms. The molecular formula is C12H10BrNO2S. The van der Waals surface area contributed by atoms with Gasteiger partial charge >= 0.3 is 0 Å². The molecule has 0 amide bonds. The summed E-state index contributed by atoms with van der Waals surface area (Å²) in [6.07, 6.45) is 1.65. The van der Waals surface area contributed by atoms with E-state index in [-0.39, 0.29) is 17.9 Å². The van der Waals surface area contributed by atoms with Gasteiger partial charge in [0.15, 0.2) is 5.78 Å². The number of ketones is 1. The number of aromatic nitrogens is 1. The molecule has 3 nitrogen and oxygen atoms in total. The summed E-state index contributed by atoms with van der Waals surface area (Å²) in [5, 5.41) is 0. The Labute approximate surface area is 111 Å². The van der Waals surface area contributed by atoms with Gasteiger partial charge in [-0.2, -0.15) is 0 Å². The van der Waals surface area contributed by atoms with Crippen LogP contribution in [-0.4, -0.2) is 10.4 Å². The Bertz CT molecular complexity index is 615. The summed E-state index contributed by atoms with van der Waals surface area (Å²) in [6.45, 7) is 1.94. The minimum atomic E-state index is -0.144. The Balaban J connectivity index is 2.21. The van der Waals surface area contributed by atoms with Crippen LogP contribution in [0, 0.1) is 6.92 Å². The molecule has 2 heterocycles. The first-order valence-electron chi connectivity index (χ1n) is 5.02. The van der Waals surface area contributed by atoms with Gasteiger partial charge in [0.25, 0.3) is 5.56 Å². The van der Waals surface area contributed by atoms with Gasteiger partial charge in [-0.25, -0.2) is 0 Å². The molecule has 17 heavy (non-hydrogen) atoms. The third-order valence-electron chi connectivity index (χ3n) is 2.31. The maximum absolute atomic E-state index is 11.9. The number of thiophene rings is 1. The van der Waals surface area contributed by atoms with Crippen LogP contribution in [-0.2, 0) is 6.54 Å². The number of halogens is 1. The summed E-state index contributed by atoms with van der Waals surface area (Å²) in [5.74, 6) is -0.0494. The van der Waals surface area contributed by atoms with Crippen molar-refractivity contribution in [2.45, 2.75) is 13.5 Å². The Kier molecular flexibility index (Phi) is 3.59. The lowest BCUT2D eigenvalue weighted by molar-refractivity contribution is 0.0975. The van der Waals surface area contributed by atoms with Crippen molar-refractivity contribution in [3.05, 3.63) is 55.0 Å². The van der Waals surface area contributed by atoms with Crippen LogP contribution in [0.25, 0.3) is 0 Å². The second kappa shape index (κ2) is 4.98. The van der Waals surface area contributed by atoms with Crippen LogP contribution in [0.4, 0.5) is 0 Å². The van der Waals surface area contributed by atoms with Crippen LogP contribution in [0.1, 0.15) is 15.2 Å². The Hall–Kier alpha value is -1.20. The molecule has 0 fully saturated rings. The fourth-order valence-electron chi connectivity index (χ4n) is 1.43. The summed E-state index contributed by atoms with van der Waals surface area (Å²) >= 11 is 4.68. The molecule has 0 N–H and O–H groups in total. The van der Waals surface area contributed by atoms with Gasteiger partial charge in [-0.15, -0.1) is 11.3 Å². The topological polar surface area (TPSA) is 39.1 Å². The van der Waals surface area contributed by atoms with E-state index in [0.29, 0.717) is 4.88 Å². The molecule has 0 aliphatic carbocycles. The largest absolute Gasteiger partial charge is 0.308 e. The normalized spacial score (nSPS) is 10.5. The Morgan fingerprint density at radius 3 is 2.76 bits per heavy atom. The Morgan fingerprint density at radius 2 is 2.18 bits per heavy atom. The molecule has 0 aliphatic rings. The summed E-state index contributed by atoms with van der Waals surface area (Å²) in [7, 11) is 0. The number of carbonyl (C=O) groups is 1. The second-order valence-corrected chi connectivity index (χ2v) is 6.16. The van der Waals surface area contributed by atoms with Gasteiger partial charge in [-0.3, -0.25) is 9.59 Å². The van der Waals surface area contributed by atoms with Crippen molar-refractivity contribution in [2.75, 3.05) is 0 Å². The van der Waals surface area contributed by atoms with Crippen molar-refractivity contribution < 1.29 is 4.79 Å². The van der Waals surface area contributed by atoms with Crippen molar-refractivity contribution in [1.82, 2.24) is 4.57 Å². The number of aryl methyl sites for hydroxylation is 1.